The highest BCUT2D eigenvalue weighted by Gasteiger charge is 2.26. The third kappa shape index (κ3) is 6.60. The molecule has 3 N–H and O–H groups in total. The number of nitrogens with one attached hydrogen (secondary N) is 2. The first kappa shape index (κ1) is 20.8. The first-order valence-electron chi connectivity index (χ1n) is 9.04. The van der Waals surface area contributed by atoms with Crippen LogP contribution in [-0.2, 0) is 5.60 Å². The lowest BCUT2D eigenvalue weighted by Gasteiger charge is -2.21. The second-order valence-electron chi connectivity index (χ2n) is 6.64. The maximum absolute atomic E-state index is 12.9. The van der Waals surface area contributed by atoms with Gasteiger partial charge in [-0.15, -0.1) is 0 Å². The Labute approximate surface area is 159 Å². The highest BCUT2D eigenvalue weighted by molar-refractivity contribution is 5.79. The minimum atomic E-state index is -1.20. The molecule has 0 aliphatic heterocycles. The first-order valence-corrected chi connectivity index (χ1v) is 9.04. The zero-order valence-electron chi connectivity index (χ0n) is 16.3. The van der Waals surface area contributed by atoms with Crippen molar-refractivity contribution in [3.8, 4) is 5.75 Å². The van der Waals surface area contributed by atoms with Gasteiger partial charge in [0.25, 0.3) is 0 Å². The SMILES string of the molecule is CCNC(=NCC(C)(O)c1ccc(C)o1)NCC(C)Oc1ccc(F)cc1. The molecule has 1 heterocycles. The van der Waals surface area contributed by atoms with Gasteiger partial charge in [-0.3, -0.25) is 0 Å². The lowest BCUT2D eigenvalue weighted by molar-refractivity contribution is 0.0428. The van der Waals surface area contributed by atoms with E-state index >= 15 is 0 Å². The maximum Gasteiger partial charge on any atom is 0.191 e. The molecule has 0 amide bonds. The van der Waals surface area contributed by atoms with E-state index in [0.717, 1.165) is 5.76 Å². The van der Waals surface area contributed by atoms with Gasteiger partial charge in [0.2, 0.25) is 0 Å². The Bertz CT molecular complexity index is 741. The Morgan fingerprint density at radius 1 is 1.26 bits per heavy atom. The summed E-state index contributed by atoms with van der Waals surface area (Å²) in [5.41, 5.74) is -1.20. The number of aryl methyl sites for hydroxylation is 1. The third-order valence-electron chi connectivity index (χ3n) is 3.87. The highest BCUT2D eigenvalue weighted by Crippen LogP contribution is 2.23. The van der Waals surface area contributed by atoms with Gasteiger partial charge in [-0.05, 0) is 64.1 Å². The van der Waals surface area contributed by atoms with E-state index in [2.05, 4.69) is 15.6 Å². The third-order valence-corrected chi connectivity index (χ3v) is 3.87. The molecule has 6 nitrogen and oxygen atoms in total. The molecule has 7 heteroatoms. The first-order chi connectivity index (χ1) is 12.8. The number of hydrogen-bond donors (Lipinski definition) is 3. The van der Waals surface area contributed by atoms with Crippen molar-refractivity contribution in [2.24, 2.45) is 4.99 Å². The predicted molar refractivity (Wildman–Crippen MR) is 103 cm³/mol. The zero-order chi connectivity index (χ0) is 19.9. The fourth-order valence-electron chi connectivity index (χ4n) is 2.40. The van der Waals surface area contributed by atoms with E-state index in [1.54, 1.807) is 25.1 Å². The largest absolute Gasteiger partial charge is 0.489 e. The van der Waals surface area contributed by atoms with Gasteiger partial charge in [-0.1, -0.05) is 0 Å². The van der Waals surface area contributed by atoms with E-state index in [1.807, 2.05) is 26.8 Å². The van der Waals surface area contributed by atoms with Crippen LogP contribution in [0.15, 0.2) is 45.8 Å². The fraction of sp³-hybridized carbons (Fsp3) is 0.450. The molecular formula is C20H28FN3O3. The molecule has 0 radical (unpaired) electrons. The number of nitrogens with zero attached hydrogens (tertiary/aromatic N) is 1. The van der Waals surface area contributed by atoms with Crippen LogP contribution >= 0.6 is 0 Å². The van der Waals surface area contributed by atoms with E-state index in [0.29, 0.717) is 30.6 Å². The summed E-state index contributed by atoms with van der Waals surface area (Å²) in [5, 5.41) is 16.9. The number of ether oxygens (including phenoxy) is 1. The average molecular weight is 377 g/mol. The summed E-state index contributed by atoms with van der Waals surface area (Å²) in [6, 6.07) is 9.47. The summed E-state index contributed by atoms with van der Waals surface area (Å²) in [6.45, 7) is 8.68. The monoisotopic (exact) mass is 377 g/mol. The van der Waals surface area contributed by atoms with Crippen molar-refractivity contribution in [2.45, 2.75) is 39.4 Å². The van der Waals surface area contributed by atoms with Crippen LogP contribution in [0.1, 0.15) is 32.3 Å². The molecule has 2 unspecified atom stereocenters. The van der Waals surface area contributed by atoms with Gasteiger partial charge in [-0.25, -0.2) is 9.38 Å². The van der Waals surface area contributed by atoms with Crippen molar-refractivity contribution in [1.29, 1.82) is 0 Å². The Morgan fingerprint density at radius 3 is 2.56 bits per heavy atom. The molecule has 0 spiro atoms. The van der Waals surface area contributed by atoms with Crippen LogP contribution in [0.4, 0.5) is 4.39 Å². The summed E-state index contributed by atoms with van der Waals surface area (Å²) >= 11 is 0. The van der Waals surface area contributed by atoms with Crippen LogP contribution < -0.4 is 15.4 Å². The number of aliphatic imine (C=N–C) groups is 1. The van der Waals surface area contributed by atoms with Crippen molar-refractivity contribution in [2.75, 3.05) is 19.6 Å². The zero-order valence-corrected chi connectivity index (χ0v) is 16.3. The number of aliphatic hydroxyl groups is 1. The molecule has 0 fully saturated rings. The van der Waals surface area contributed by atoms with Gasteiger partial charge in [0.05, 0.1) is 13.1 Å². The van der Waals surface area contributed by atoms with E-state index in [4.69, 9.17) is 9.15 Å². The molecule has 1 aromatic carbocycles. The summed E-state index contributed by atoms with van der Waals surface area (Å²) in [4.78, 5) is 4.44. The van der Waals surface area contributed by atoms with Crippen molar-refractivity contribution in [3.63, 3.8) is 0 Å². The standard InChI is InChI=1S/C20H28FN3O3/c1-5-22-19(24-13-20(4,25)18-11-6-14(2)27-18)23-12-15(3)26-17-9-7-16(21)8-10-17/h6-11,15,25H,5,12-13H2,1-4H3,(H2,22,23,24). The number of hydrogen-bond acceptors (Lipinski definition) is 4. The fourth-order valence-corrected chi connectivity index (χ4v) is 2.40. The predicted octanol–water partition coefficient (Wildman–Crippen LogP) is 2.96. The molecule has 0 saturated carbocycles. The average Bonchev–Trinajstić information content (AvgIpc) is 3.07. The van der Waals surface area contributed by atoms with Gasteiger partial charge in [0, 0.05) is 6.54 Å². The lowest BCUT2D eigenvalue weighted by Crippen LogP contribution is -2.42. The normalized spacial score (nSPS) is 15.1. The Hall–Kier alpha value is -2.54. The van der Waals surface area contributed by atoms with Gasteiger partial charge < -0.3 is 24.9 Å². The van der Waals surface area contributed by atoms with Gasteiger partial charge in [0.1, 0.15) is 34.8 Å². The number of halogens is 1. The number of guanidine groups is 1. The number of rotatable bonds is 8. The molecule has 0 aliphatic rings. The van der Waals surface area contributed by atoms with Crippen LogP contribution in [0.2, 0.25) is 0 Å². The minimum absolute atomic E-state index is 0.141. The van der Waals surface area contributed by atoms with Crippen molar-refractivity contribution in [3.05, 3.63) is 53.7 Å². The van der Waals surface area contributed by atoms with Crippen LogP contribution in [0, 0.1) is 12.7 Å². The molecule has 0 aliphatic carbocycles. The van der Waals surface area contributed by atoms with Crippen molar-refractivity contribution in [1.82, 2.24) is 10.6 Å². The Balaban J connectivity index is 1.91. The highest BCUT2D eigenvalue weighted by atomic mass is 19.1. The van der Waals surface area contributed by atoms with Crippen LogP contribution in [0.25, 0.3) is 0 Å². The quantitative estimate of drug-likeness (QED) is 0.487. The smallest absolute Gasteiger partial charge is 0.191 e. The summed E-state index contributed by atoms with van der Waals surface area (Å²) in [6.07, 6.45) is -0.160. The van der Waals surface area contributed by atoms with Crippen LogP contribution in [0.5, 0.6) is 5.75 Å². The molecule has 27 heavy (non-hydrogen) atoms. The van der Waals surface area contributed by atoms with Gasteiger partial charge >= 0.3 is 0 Å². The molecule has 2 aromatic rings. The summed E-state index contributed by atoms with van der Waals surface area (Å²) in [7, 11) is 0. The summed E-state index contributed by atoms with van der Waals surface area (Å²) < 4.78 is 24.2. The second kappa shape index (κ2) is 9.41. The molecule has 2 atom stereocenters. The molecule has 1 aromatic heterocycles. The van der Waals surface area contributed by atoms with E-state index in [1.165, 1.54) is 12.1 Å². The molecule has 2 rings (SSSR count). The second-order valence-corrected chi connectivity index (χ2v) is 6.64. The Kier molecular flexibility index (Phi) is 7.24. The summed E-state index contributed by atoms with van der Waals surface area (Å²) in [5.74, 6) is 2.09. The van der Waals surface area contributed by atoms with E-state index < -0.39 is 5.60 Å². The van der Waals surface area contributed by atoms with E-state index in [-0.39, 0.29) is 18.5 Å². The minimum Gasteiger partial charge on any atom is -0.489 e. The number of benzene rings is 1. The topological polar surface area (TPSA) is 79.0 Å². The number of furan rings is 1. The Morgan fingerprint density at radius 2 is 1.96 bits per heavy atom. The molecular weight excluding hydrogens is 349 g/mol. The molecule has 0 saturated heterocycles. The van der Waals surface area contributed by atoms with Crippen LogP contribution in [-0.4, -0.2) is 36.8 Å². The lowest BCUT2D eigenvalue weighted by atomic mass is 10.0. The molecule has 148 valence electrons. The molecule has 0 bridgehead atoms. The van der Waals surface area contributed by atoms with Crippen LogP contribution in [0.3, 0.4) is 0 Å². The van der Waals surface area contributed by atoms with Crippen molar-refractivity contribution >= 4 is 5.96 Å². The van der Waals surface area contributed by atoms with Gasteiger partial charge in [0.15, 0.2) is 5.96 Å². The maximum atomic E-state index is 12.9. The van der Waals surface area contributed by atoms with Crippen molar-refractivity contribution < 1.29 is 18.7 Å². The van der Waals surface area contributed by atoms with E-state index in [9.17, 15) is 9.50 Å². The van der Waals surface area contributed by atoms with Gasteiger partial charge in [-0.2, -0.15) is 0 Å².